The molecule has 0 atom stereocenters. The Kier molecular flexibility index (Phi) is 5.03. The van der Waals surface area contributed by atoms with E-state index in [2.05, 4.69) is 19.6 Å². The molecule has 100 valence electrons. The molecule has 1 N–H and O–H groups in total. The molecule has 0 aromatic carbocycles. The van der Waals surface area contributed by atoms with E-state index in [-0.39, 0.29) is 5.91 Å². The number of nitrogens with zero attached hydrogens (tertiary/aromatic N) is 3. The fourth-order valence-electron chi connectivity index (χ4n) is 1.79. The van der Waals surface area contributed by atoms with Crippen molar-refractivity contribution in [1.29, 1.82) is 0 Å². The summed E-state index contributed by atoms with van der Waals surface area (Å²) in [5.41, 5.74) is 0. The molecule has 0 spiro atoms. The van der Waals surface area contributed by atoms with Crippen LogP contribution in [0.1, 0.15) is 22.0 Å². The maximum Gasteiger partial charge on any atom is 0.281 e. The van der Waals surface area contributed by atoms with E-state index in [1.165, 1.54) is 0 Å². The summed E-state index contributed by atoms with van der Waals surface area (Å²) in [6, 6.07) is 0. The first-order valence-corrected chi connectivity index (χ1v) is 6.91. The van der Waals surface area contributed by atoms with Gasteiger partial charge in [0.2, 0.25) is 5.01 Å². The van der Waals surface area contributed by atoms with Crippen molar-refractivity contribution in [3.05, 3.63) is 10.8 Å². The normalized spacial score (nSPS) is 16.7. The molecular formula is C11H18N4O2S. The number of carbonyl (C=O) groups is 1. The van der Waals surface area contributed by atoms with Gasteiger partial charge in [-0.2, -0.15) is 4.37 Å². The predicted molar refractivity (Wildman–Crippen MR) is 68.9 cm³/mol. The van der Waals surface area contributed by atoms with Gasteiger partial charge >= 0.3 is 0 Å². The van der Waals surface area contributed by atoms with Gasteiger partial charge in [-0.25, -0.2) is 4.98 Å². The van der Waals surface area contributed by atoms with Crippen LogP contribution in [-0.4, -0.2) is 59.6 Å². The van der Waals surface area contributed by atoms with Gasteiger partial charge in [0.25, 0.3) is 5.91 Å². The van der Waals surface area contributed by atoms with Crippen molar-refractivity contribution >= 4 is 17.4 Å². The van der Waals surface area contributed by atoms with Crippen molar-refractivity contribution in [3.8, 4) is 0 Å². The maximum absolute atomic E-state index is 11.7. The fourth-order valence-corrected chi connectivity index (χ4v) is 2.38. The van der Waals surface area contributed by atoms with E-state index in [0.29, 0.717) is 17.4 Å². The van der Waals surface area contributed by atoms with Gasteiger partial charge in [0.15, 0.2) is 0 Å². The first-order valence-electron chi connectivity index (χ1n) is 6.14. The predicted octanol–water partition coefficient (Wildman–Crippen LogP) is 0.299. The van der Waals surface area contributed by atoms with Crippen LogP contribution in [0.4, 0.5) is 0 Å². The molecule has 1 aliphatic heterocycles. The number of carbonyl (C=O) groups excluding carboxylic acids is 1. The van der Waals surface area contributed by atoms with Crippen LogP contribution in [0.5, 0.6) is 0 Å². The average molecular weight is 270 g/mol. The smallest absolute Gasteiger partial charge is 0.281 e. The molecule has 1 amide bonds. The number of amides is 1. The van der Waals surface area contributed by atoms with Crippen molar-refractivity contribution < 1.29 is 9.53 Å². The maximum atomic E-state index is 11.7. The third-order valence-corrected chi connectivity index (χ3v) is 3.57. The molecule has 1 aromatic heterocycles. The quantitative estimate of drug-likeness (QED) is 0.779. The standard InChI is InChI=1S/C11H18N4O2S/c1-9-13-11(18-14-9)10(16)12-3-2-4-15-5-7-17-8-6-15/h2-8H2,1H3,(H,12,16). The summed E-state index contributed by atoms with van der Waals surface area (Å²) >= 11 is 1.14. The minimum absolute atomic E-state index is 0.123. The van der Waals surface area contributed by atoms with E-state index < -0.39 is 0 Å². The number of aromatic nitrogens is 2. The molecule has 0 unspecified atom stereocenters. The van der Waals surface area contributed by atoms with Crippen LogP contribution >= 0.6 is 11.5 Å². The van der Waals surface area contributed by atoms with Gasteiger partial charge in [-0.1, -0.05) is 0 Å². The summed E-state index contributed by atoms with van der Waals surface area (Å²) in [5.74, 6) is 0.529. The zero-order chi connectivity index (χ0) is 12.8. The molecular weight excluding hydrogens is 252 g/mol. The zero-order valence-corrected chi connectivity index (χ0v) is 11.3. The van der Waals surface area contributed by atoms with Crippen molar-refractivity contribution in [1.82, 2.24) is 19.6 Å². The second-order valence-corrected chi connectivity index (χ2v) is 4.96. The van der Waals surface area contributed by atoms with Crippen molar-refractivity contribution in [2.45, 2.75) is 13.3 Å². The van der Waals surface area contributed by atoms with Crippen LogP contribution in [0.15, 0.2) is 0 Å². The number of hydrogen-bond donors (Lipinski definition) is 1. The van der Waals surface area contributed by atoms with E-state index >= 15 is 0 Å². The van der Waals surface area contributed by atoms with E-state index in [9.17, 15) is 4.79 Å². The van der Waals surface area contributed by atoms with Gasteiger partial charge in [-0.15, -0.1) is 0 Å². The minimum atomic E-state index is -0.123. The minimum Gasteiger partial charge on any atom is -0.379 e. The summed E-state index contributed by atoms with van der Waals surface area (Å²) in [6.45, 7) is 7.07. The molecule has 1 saturated heterocycles. The summed E-state index contributed by atoms with van der Waals surface area (Å²) in [6.07, 6.45) is 0.948. The molecule has 0 bridgehead atoms. The van der Waals surface area contributed by atoms with E-state index in [1.54, 1.807) is 6.92 Å². The molecule has 0 aliphatic carbocycles. The SMILES string of the molecule is Cc1nsc(C(=O)NCCCN2CCOCC2)n1. The lowest BCUT2D eigenvalue weighted by molar-refractivity contribution is 0.0374. The highest BCUT2D eigenvalue weighted by atomic mass is 32.1. The topological polar surface area (TPSA) is 67.4 Å². The molecule has 1 aromatic rings. The lowest BCUT2D eigenvalue weighted by atomic mass is 10.3. The Balaban J connectivity index is 1.61. The summed E-state index contributed by atoms with van der Waals surface area (Å²) in [7, 11) is 0. The van der Waals surface area contributed by atoms with E-state index in [4.69, 9.17) is 4.74 Å². The van der Waals surface area contributed by atoms with Crippen LogP contribution in [-0.2, 0) is 4.74 Å². The molecule has 0 saturated carbocycles. The fraction of sp³-hybridized carbons (Fsp3) is 0.727. The van der Waals surface area contributed by atoms with Crippen LogP contribution in [0.2, 0.25) is 0 Å². The van der Waals surface area contributed by atoms with Crippen molar-refractivity contribution in [3.63, 3.8) is 0 Å². The van der Waals surface area contributed by atoms with Gasteiger partial charge in [-0.05, 0) is 31.4 Å². The Bertz CT molecular complexity index is 390. The number of nitrogens with one attached hydrogen (secondary N) is 1. The van der Waals surface area contributed by atoms with Crippen molar-refractivity contribution in [2.75, 3.05) is 39.4 Å². The van der Waals surface area contributed by atoms with Gasteiger partial charge in [0.05, 0.1) is 13.2 Å². The summed E-state index contributed by atoms with van der Waals surface area (Å²) in [4.78, 5) is 18.1. The summed E-state index contributed by atoms with van der Waals surface area (Å²) < 4.78 is 9.27. The first-order chi connectivity index (χ1) is 8.75. The molecule has 0 radical (unpaired) electrons. The second-order valence-electron chi connectivity index (χ2n) is 4.21. The zero-order valence-electron chi connectivity index (χ0n) is 10.5. The van der Waals surface area contributed by atoms with Gasteiger partial charge in [0.1, 0.15) is 5.82 Å². The van der Waals surface area contributed by atoms with Gasteiger partial charge in [-0.3, -0.25) is 9.69 Å². The van der Waals surface area contributed by atoms with Crippen LogP contribution in [0.25, 0.3) is 0 Å². The molecule has 6 nitrogen and oxygen atoms in total. The van der Waals surface area contributed by atoms with Crippen molar-refractivity contribution in [2.24, 2.45) is 0 Å². The lowest BCUT2D eigenvalue weighted by Crippen LogP contribution is -2.38. The summed E-state index contributed by atoms with van der Waals surface area (Å²) in [5, 5.41) is 3.31. The Morgan fingerprint density at radius 1 is 1.50 bits per heavy atom. The molecule has 2 heterocycles. The van der Waals surface area contributed by atoms with Crippen LogP contribution in [0, 0.1) is 6.92 Å². The highest BCUT2D eigenvalue weighted by Gasteiger charge is 2.12. The number of morpholine rings is 1. The highest BCUT2D eigenvalue weighted by Crippen LogP contribution is 2.03. The van der Waals surface area contributed by atoms with Crippen LogP contribution in [0.3, 0.4) is 0 Å². The van der Waals surface area contributed by atoms with E-state index in [1.807, 2.05) is 0 Å². The monoisotopic (exact) mass is 270 g/mol. The molecule has 1 fully saturated rings. The Hall–Kier alpha value is -1.05. The largest absolute Gasteiger partial charge is 0.379 e. The second kappa shape index (κ2) is 6.77. The third kappa shape index (κ3) is 4.01. The number of rotatable bonds is 5. The molecule has 18 heavy (non-hydrogen) atoms. The first kappa shape index (κ1) is 13.4. The number of ether oxygens (including phenoxy) is 1. The van der Waals surface area contributed by atoms with Crippen LogP contribution < -0.4 is 5.32 Å². The third-order valence-electron chi connectivity index (χ3n) is 2.76. The molecule has 2 rings (SSSR count). The Labute approximate surface area is 111 Å². The number of aryl methyl sites for hydroxylation is 1. The Morgan fingerprint density at radius 2 is 2.28 bits per heavy atom. The van der Waals surface area contributed by atoms with Gasteiger partial charge < -0.3 is 10.1 Å². The number of hydrogen-bond acceptors (Lipinski definition) is 6. The lowest BCUT2D eigenvalue weighted by Gasteiger charge is -2.26. The highest BCUT2D eigenvalue weighted by molar-refractivity contribution is 7.07. The van der Waals surface area contributed by atoms with E-state index in [0.717, 1.165) is 50.8 Å². The average Bonchev–Trinajstić information content (AvgIpc) is 2.82. The molecule has 1 aliphatic rings. The Morgan fingerprint density at radius 3 is 2.94 bits per heavy atom. The molecule has 7 heteroatoms. The van der Waals surface area contributed by atoms with Gasteiger partial charge in [0, 0.05) is 19.6 Å².